The molecular formula is C15H19N3. The van der Waals surface area contributed by atoms with Crippen LogP contribution in [-0.4, -0.2) is 10.5 Å². The van der Waals surface area contributed by atoms with Crippen molar-refractivity contribution >= 4 is 22.3 Å². The Morgan fingerprint density at radius 3 is 2.78 bits per heavy atom. The molecule has 1 heterocycles. The lowest BCUT2D eigenvalue weighted by Gasteiger charge is -2.27. The zero-order valence-electron chi connectivity index (χ0n) is 10.7. The smallest absolute Gasteiger partial charge is 0.0743 e. The standard InChI is InChI=1S/C15H19N3/c1-15(7-2-3-8-15)18-13-6-9-17-14-10-11(16)4-5-12(13)14/h4-6,9-10H,2-3,7-8,16H2,1H3,(H,17,18). The largest absolute Gasteiger partial charge is 0.399 e. The zero-order valence-corrected chi connectivity index (χ0v) is 10.7. The summed E-state index contributed by atoms with van der Waals surface area (Å²) in [6.45, 7) is 2.31. The maximum absolute atomic E-state index is 5.80. The lowest BCUT2D eigenvalue weighted by Crippen LogP contribution is -2.30. The van der Waals surface area contributed by atoms with Crippen LogP contribution >= 0.6 is 0 Å². The van der Waals surface area contributed by atoms with Gasteiger partial charge in [0.05, 0.1) is 5.52 Å². The molecular weight excluding hydrogens is 222 g/mol. The second kappa shape index (κ2) is 4.16. The number of aromatic nitrogens is 1. The van der Waals surface area contributed by atoms with E-state index in [1.165, 1.54) is 31.4 Å². The Kier molecular flexibility index (Phi) is 2.62. The van der Waals surface area contributed by atoms with E-state index in [4.69, 9.17) is 5.73 Å². The molecule has 0 radical (unpaired) electrons. The summed E-state index contributed by atoms with van der Waals surface area (Å²) in [6, 6.07) is 7.98. The predicted molar refractivity (Wildman–Crippen MR) is 76.7 cm³/mol. The normalized spacial score (nSPS) is 18.1. The topological polar surface area (TPSA) is 50.9 Å². The summed E-state index contributed by atoms with van der Waals surface area (Å²) >= 11 is 0. The summed E-state index contributed by atoms with van der Waals surface area (Å²) in [5.41, 5.74) is 8.93. The molecule has 3 rings (SSSR count). The molecule has 0 saturated heterocycles. The fourth-order valence-electron chi connectivity index (χ4n) is 2.88. The van der Waals surface area contributed by atoms with Gasteiger partial charge >= 0.3 is 0 Å². The molecule has 1 fully saturated rings. The minimum Gasteiger partial charge on any atom is -0.399 e. The van der Waals surface area contributed by atoms with Gasteiger partial charge in [0.15, 0.2) is 0 Å². The average Bonchev–Trinajstić information content (AvgIpc) is 2.76. The second-order valence-corrected chi connectivity index (χ2v) is 5.53. The van der Waals surface area contributed by atoms with E-state index in [-0.39, 0.29) is 5.54 Å². The molecule has 0 amide bonds. The van der Waals surface area contributed by atoms with Gasteiger partial charge in [0, 0.05) is 28.5 Å². The molecule has 1 aliphatic carbocycles. The molecule has 0 unspecified atom stereocenters. The van der Waals surface area contributed by atoms with Gasteiger partial charge in [-0.05, 0) is 44.0 Å². The van der Waals surface area contributed by atoms with E-state index in [0.717, 1.165) is 16.6 Å². The number of nitrogen functional groups attached to an aromatic ring is 1. The van der Waals surface area contributed by atoms with Gasteiger partial charge in [-0.2, -0.15) is 0 Å². The number of pyridine rings is 1. The van der Waals surface area contributed by atoms with Crippen molar-refractivity contribution in [3.8, 4) is 0 Å². The van der Waals surface area contributed by atoms with Crippen molar-refractivity contribution in [2.45, 2.75) is 38.1 Å². The van der Waals surface area contributed by atoms with Gasteiger partial charge in [-0.1, -0.05) is 12.8 Å². The highest BCUT2D eigenvalue weighted by Crippen LogP contribution is 2.34. The van der Waals surface area contributed by atoms with Crippen molar-refractivity contribution in [2.75, 3.05) is 11.1 Å². The van der Waals surface area contributed by atoms with E-state index in [9.17, 15) is 0 Å². The molecule has 3 N–H and O–H groups in total. The summed E-state index contributed by atoms with van der Waals surface area (Å²) in [7, 11) is 0. The van der Waals surface area contributed by atoms with Crippen LogP contribution in [0.4, 0.5) is 11.4 Å². The van der Waals surface area contributed by atoms with Gasteiger partial charge in [-0.25, -0.2) is 0 Å². The van der Waals surface area contributed by atoms with Gasteiger partial charge in [0.2, 0.25) is 0 Å². The number of nitrogens with two attached hydrogens (primary N) is 1. The first-order valence-electron chi connectivity index (χ1n) is 6.59. The van der Waals surface area contributed by atoms with E-state index in [1.807, 2.05) is 18.3 Å². The van der Waals surface area contributed by atoms with E-state index < -0.39 is 0 Å². The third-order valence-electron chi connectivity index (χ3n) is 3.91. The summed E-state index contributed by atoms with van der Waals surface area (Å²) in [5.74, 6) is 0. The zero-order chi connectivity index (χ0) is 12.6. The number of hydrogen-bond donors (Lipinski definition) is 2. The van der Waals surface area contributed by atoms with Crippen LogP contribution < -0.4 is 11.1 Å². The van der Waals surface area contributed by atoms with Crippen LogP contribution in [-0.2, 0) is 0 Å². The monoisotopic (exact) mass is 241 g/mol. The maximum atomic E-state index is 5.80. The van der Waals surface area contributed by atoms with E-state index in [1.54, 1.807) is 0 Å². The summed E-state index contributed by atoms with van der Waals surface area (Å²) in [4.78, 5) is 4.38. The van der Waals surface area contributed by atoms with Crippen LogP contribution in [0, 0.1) is 0 Å². The molecule has 0 spiro atoms. The minimum atomic E-state index is 0.232. The lowest BCUT2D eigenvalue weighted by atomic mass is 9.99. The van der Waals surface area contributed by atoms with Crippen molar-refractivity contribution in [3.63, 3.8) is 0 Å². The highest BCUT2D eigenvalue weighted by atomic mass is 15.0. The Morgan fingerprint density at radius 2 is 2.00 bits per heavy atom. The quantitative estimate of drug-likeness (QED) is 0.790. The molecule has 0 atom stereocenters. The molecule has 1 aliphatic rings. The van der Waals surface area contributed by atoms with Crippen molar-refractivity contribution in [1.29, 1.82) is 0 Å². The Morgan fingerprint density at radius 1 is 1.22 bits per heavy atom. The van der Waals surface area contributed by atoms with Crippen molar-refractivity contribution < 1.29 is 0 Å². The molecule has 3 nitrogen and oxygen atoms in total. The molecule has 94 valence electrons. The Hall–Kier alpha value is -1.77. The Labute approximate surface area is 107 Å². The minimum absolute atomic E-state index is 0.232. The molecule has 2 aromatic rings. The summed E-state index contributed by atoms with van der Waals surface area (Å²) in [5, 5.41) is 4.85. The van der Waals surface area contributed by atoms with E-state index in [0.29, 0.717) is 0 Å². The molecule has 3 heteroatoms. The van der Waals surface area contributed by atoms with Crippen LogP contribution in [0.15, 0.2) is 30.5 Å². The summed E-state index contributed by atoms with van der Waals surface area (Å²) < 4.78 is 0. The SMILES string of the molecule is CC1(Nc2ccnc3cc(N)ccc23)CCCC1. The van der Waals surface area contributed by atoms with Gasteiger partial charge in [-0.15, -0.1) is 0 Å². The number of anilines is 2. The van der Waals surface area contributed by atoms with Crippen molar-refractivity contribution in [1.82, 2.24) is 4.98 Å². The van der Waals surface area contributed by atoms with Crippen molar-refractivity contribution in [2.24, 2.45) is 0 Å². The molecule has 1 aromatic heterocycles. The fourth-order valence-corrected chi connectivity index (χ4v) is 2.88. The van der Waals surface area contributed by atoms with Crippen molar-refractivity contribution in [3.05, 3.63) is 30.5 Å². The molecule has 1 aromatic carbocycles. The van der Waals surface area contributed by atoms with Crippen LogP contribution in [0.25, 0.3) is 10.9 Å². The van der Waals surface area contributed by atoms with Crippen LogP contribution in [0.2, 0.25) is 0 Å². The Balaban J connectivity index is 2.01. The number of nitrogens with zero attached hydrogens (tertiary/aromatic N) is 1. The average molecular weight is 241 g/mol. The van der Waals surface area contributed by atoms with Gasteiger partial charge in [-0.3, -0.25) is 4.98 Å². The molecule has 1 saturated carbocycles. The van der Waals surface area contributed by atoms with E-state index >= 15 is 0 Å². The van der Waals surface area contributed by atoms with E-state index in [2.05, 4.69) is 29.4 Å². The van der Waals surface area contributed by atoms with Crippen LogP contribution in [0.5, 0.6) is 0 Å². The number of nitrogens with one attached hydrogen (secondary N) is 1. The number of rotatable bonds is 2. The van der Waals surface area contributed by atoms with Gasteiger partial charge < -0.3 is 11.1 Å². The third kappa shape index (κ3) is 2.01. The molecule has 0 aliphatic heterocycles. The first-order valence-corrected chi connectivity index (χ1v) is 6.59. The van der Waals surface area contributed by atoms with Gasteiger partial charge in [0.25, 0.3) is 0 Å². The predicted octanol–water partition coefficient (Wildman–Crippen LogP) is 3.56. The van der Waals surface area contributed by atoms with Crippen LogP contribution in [0.3, 0.4) is 0 Å². The maximum Gasteiger partial charge on any atom is 0.0743 e. The number of fused-ring (bicyclic) bond motifs is 1. The highest BCUT2D eigenvalue weighted by Gasteiger charge is 2.28. The lowest BCUT2D eigenvalue weighted by molar-refractivity contribution is 0.534. The first-order chi connectivity index (χ1) is 8.66. The molecule has 0 bridgehead atoms. The first kappa shape index (κ1) is 11.3. The number of benzene rings is 1. The Bertz CT molecular complexity index is 571. The summed E-state index contributed by atoms with van der Waals surface area (Å²) in [6.07, 6.45) is 6.97. The number of hydrogen-bond acceptors (Lipinski definition) is 3. The highest BCUT2D eigenvalue weighted by molar-refractivity contribution is 5.92. The fraction of sp³-hybridized carbons (Fsp3) is 0.400. The molecule has 18 heavy (non-hydrogen) atoms. The second-order valence-electron chi connectivity index (χ2n) is 5.53. The van der Waals surface area contributed by atoms with Gasteiger partial charge in [0.1, 0.15) is 0 Å². The van der Waals surface area contributed by atoms with Crippen LogP contribution in [0.1, 0.15) is 32.6 Å². The third-order valence-corrected chi connectivity index (χ3v) is 3.91.